The first-order valence-electron chi connectivity index (χ1n) is 9.09. The summed E-state index contributed by atoms with van der Waals surface area (Å²) in [6.45, 7) is 0.845. The van der Waals surface area contributed by atoms with E-state index in [2.05, 4.69) is 10.0 Å². The molecular formula is C18H25N3O4S. The van der Waals surface area contributed by atoms with Gasteiger partial charge in [-0.2, -0.15) is 0 Å². The number of rotatable bonds is 6. The molecule has 2 aliphatic rings. The van der Waals surface area contributed by atoms with E-state index in [4.69, 9.17) is 0 Å². The molecule has 142 valence electrons. The van der Waals surface area contributed by atoms with Crippen molar-refractivity contribution in [1.29, 1.82) is 0 Å². The highest BCUT2D eigenvalue weighted by atomic mass is 32.2. The third-order valence-corrected chi connectivity index (χ3v) is 6.54. The predicted octanol–water partition coefficient (Wildman–Crippen LogP) is 1.50. The Labute approximate surface area is 154 Å². The number of fused-ring (bicyclic) bond motifs is 1. The van der Waals surface area contributed by atoms with Crippen molar-refractivity contribution in [1.82, 2.24) is 14.9 Å². The fraction of sp³-hybridized carbons (Fsp3) is 0.556. The van der Waals surface area contributed by atoms with Gasteiger partial charge >= 0.3 is 0 Å². The zero-order valence-corrected chi connectivity index (χ0v) is 15.8. The SMILES string of the molecule is CN1C(=O)c2ccc(S(=O)(=O)NCCNC3CCCCCC3)cc2C1=O. The molecule has 1 aliphatic carbocycles. The van der Waals surface area contributed by atoms with Gasteiger partial charge in [-0.15, -0.1) is 0 Å². The number of hydrogen-bond acceptors (Lipinski definition) is 5. The van der Waals surface area contributed by atoms with Crippen molar-refractivity contribution in [3.63, 3.8) is 0 Å². The van der Waals surface area contributed by atoms with Crippen molar-refractivity contribution in [2.75, 3.05) is 20.1 Å². The summed E-state index contributed by atoms with van der Waals surface area (Å²) in [4.78, 5) is 24.9. The highest BCUT2D eigenvalue weighted by Crippen LogP contribution is 2.24. The number of nitrogens with one attached hydrogen (secondary N) is 2. The number of carbonyl (C=O) groups is 2. The number of imide groups is 1. The van der Waals surface area contributed by atoms with Gasteiger partial charge in [0.05, 0.1) is 16.0 Å². The Morgan fingerprint density at radius 1 is 1.00 bits per heavy atom. The molecule has 0 spiro atoms. The number of nitrogens with zero attached hydrogens (tertiary/aromatic N) is 1. The molecule has 1 fully saturated rings. The molecule has 1 aliphatic heterocycles. The Morgan fingerprint density at radius 3 is 2.35 bits per heavy atom. The number of sulfonamides is 1. The van der Waals surface area contributed by atoms with Crippen LogP contribution in [0.1, 0.15) is 59.2 Å². The normalized spacial score (nSPS) is 18.9. The first-order valence-corrected chi connectivity index (χ1v) is 10.6. The monoisotopic (exact) mass is 379 g/mol. The van der Waals surface area contributed by atoms with Crippen molar-refractivity contribution in [3.8, 4) is 0 Å². The number of benzene rings is 1. The Balaban J connectivity index is 1.59. The number of hydrogen-bond donors (Lipinski definition) is 2. The average Bonchev–Trinajstić information content (AvgIpc) is 2.83. The van der Waals surface area contributed by atoms with E-state index in [1.165, 1.54) is 50.9 Å². The molecule has 0 bridgehead atoms. The smallest absolute Gasteiger partial charge is 0.261 e. The van der Waals surface area contributed by atoms with Gasteiger partial charge in [-0.25, -0.2) is 13.1 Å². The molecule has 0 unspecified atom stereocenters. The van der Waals surface area contributed by atoms with Crippen LogP contribution in [0.15, 0.2) is 23.1 Å². The molecule has 0 atom stereocenters. The number of amides is 2. The van der Waals surface area contributed by atoms with Crippen LogP contribution in [-0.4, -0.2) is 51.3 Å². The molecule has 26 heavy (non-hydrogen) atoms. The van der Waals surface area contributed by atoms with E-state index >= 15 is 0 Å². The molecule has 1 aromatic rings. The van der Waals surface area contributed by atoms with Crippen LogP contribution in [0.3, 0.4) is 0 Å². The van der Waals surface area contributed by atoms with E-state index in [1.807, 2.05) is 0 Å². The molecule has 7 nitrogen and oxygen atoms in total. The lowest BCUT2D eigenvalue weighted by Gasteiger charge is -2.16. The van der Waals surface area contributed by atoms with E-state index in [0.717, 1.165) is 17.7 Å². The molecule has 8 heteroatoms. The Kier molecular flexibility index (Phi) is 5.74. The molecule has 2 N–H and O–H groups in total. The van der Waals surface area contributed by atoms with Gasteiger partial charge in [0.15, 0.2) is 0 Å². The van der Waals surface area contributed by atoms with Gasteiger partial charge in [-0.3, -0.25) is 14.5 Å². The molecule has 0 saturated heterocycles. The van der Waals surface area contributed by atoms with Crippen molar-refractivity contribution >= 4 is 21.8 Å². The van der Waals surface area contributed by atoms with Gasteiger partial charge in [-0.05, 0) is 31.0 Å². The summed E-state index contributed by atoms with van der Waals surface area (Å²) >= 11 is 0. The van der Waals surface area contributed by atoms with Crippen LogP contribution in [0.25, 0.3) is 0 Å². The van der Waals surface area contributed by atoms with Gasteiger partial charge < -0.3 is 5.32 Å². The third-order valence-electron chi connectivity index (χ3n) is 5.08. The summed E-state index contributed by atoms with van der Waals surface area (Å²) in [7, 11) is -2.34. The van der Waals surface area contributed by atoms with E-state index in [1.54, 1.807) is 0 Å². The molecule has 2 amide bonds. The zero-order chi connectivity index (χ0) is 18.7. The maximum Gasteiger partial charge on any atom is 0.261 e. The molecule has 0 aromatic heterocycles. The average molecular weight is 379 g/mol. The van der Waals surface area contributed by atoms with Crippen molar-refractivity contribution in [2.24, 2.45) is 0 Å². The second-order valence-electron chi connectivity index (χ2n) is 6.92. The van der Waals surface area contributed by atoms with E-state index in [9.17, 15) is 18.0 Å². The van der Waals surface area contributed by atoms with Crippen LogP contribution in [0, 0.1) is 0 Å². The zero-order valence-electron chi connectivity index (χ0n) is 15.0. The van der Waals surface area contributed by atoms with Gasteiger partial charge in [-0.1, -0.05) is 25.7 Å². The van der Waals surface area contributed by atoms with Crippen molar-refractivity contribution in [3.05, 3.63) is 29.3 Å². The maximum absolute atomic E-state index is 12.5. The summed E-state index contributed by atoms with van der Waals surface area (Å²) in [5, 5.41) is 3.41. The quantitative estimate of drug-likeness (QED) is 0.444. The summed E-state index contributed by atoms with van der Waals surface area (Å²) in [5.41, 5.74) is 0.378. The van der Waals surface area contributed by atoms with Gasteiger partial charge in [0.25, 0.3) is 11.8 Å². The largest absolute Gasteiger partial charge is 0.313 e. The van der Waals surface area contributed by atoms with Crippen LogP contribution >= 0.6 is 0 Å². The van der Waals surface area contributed by atoms with Crippen molar-refractivity contribution < 1.29 is 18.0 Å². The minimum absolute atomic E-state index is 0.00201. The highest BCUT2D eigenvalue weighted by molar-refractivity contribution is 7.89. The lowest BCUT2D eigenvalue weighted by Crippen LogP contribution is -2.36. The topological polar surface area (TPSA) is 95.6 Å². The first kappa shape index (κ1) is 19.0. The van der Waals surface area contributed by atoms with Crippen LogP contribution < -0.4 is 10.0 Å². The van der Waals surface area contributed by atoms with Crippen LogP contribution in [-0.2, 0) is 10.0 Å². The summed E-state index contributed by atoms with van der Waals surface area (Å²) < 4.78 is 27.5. The molecular weight excluding hydrogens is 354 g/mol. The van der Waals surface area contributed by atoms with Crippen molar-refractivity contribution in [2.45, 2.75) is 49.5 Å². The number of carbonyl (C=O) groups excluding carboxylic acids is 2. The summed E-state index contributed by atoms with van der Waals surface area (Å²) in [5.74, 6) is -0.883. The first-order chi connectivity index (χ1) is 12.4. The van der Waals surface area contributed by atoms with Gasteiger partial charge in [0, 0.05) is 26.2 Å². The van der Waals surface area contributed by atoms with Crippen LogP contribution in [0.2, 0.25) is 0 Å². The molecule has 3 rings (SSSR count). The lowest BCUT2D eigenvalue weighted by atomic mass is 10.1. The van der Waals surface area contributed by atoms with Gasteiger partial charge in [0.2, 0.25) is 10.0 Å². The minimum Gasteiger partial charge on any atom is -0.313 e. The molecule has 1 heterocycles. The predicted molar refractivity (Wildman–Crippen MR) is 97.5 cm³/mol. The van der Waals surface area contributed by atoms with E-state index in [-0.39, 0.29) is 22.6 Å². The second-order valence-corrected chi connectivity index (χ2v) is 8.68. The minimum atomic E-state index is -3.72. The third kappa shape index (κ3) is 3.97. The Bertz CT molecular complexity index is 799. The molecule has 1 saturated carbocycles. The lowest BCUT2D eigenvalue weighted by molar-refractivity contribution is 0.0693. The summed E-state index contributed by atoms with van der Waals surface area (Å²) in [6, 6.07) is 4.50. The fourth-order valence-electron chi connectivity index (χ4n) is 3.54. The maximum atomic E-state index is 12.5. The van der Waals surface area contributed by atoms with Gasteiger partial charge in [0.1, 0.15) is 0 Å². The molecule has 1 aromatic carbocycles. The fourth-order valence-corrected chi connectivity index (χ4v) is 4.59. The standard InChI is InChI=1S/C18H25N3O4S/c1-21-17(22)15-9-8-14(12-16(15)18(21)23)26(24,25)20-11-10-19-13-6-4-2-3-5-7-13/h8-9,12-13,19-20H,2-7,10-11H2,1H3. The van der Waals surface area contributed by atoms with E-state index in [0.29, 0.717) is 12.6 Å². The Hall–Kier alpha value is -1.77. The molecule has 0 radical (unpaired) electrons. The van der Waals surface area contributed by atoms with Crippen LogP contribution in [0.4, 0.5) is 0 Å². The Morgan fingerprint density at radius 2 is 1.65 bits per heavy atom. The van der Waals surface area contributed by atoms with Crippen LogP contribution in [0.5, 0.6) is 0 Å². The second kappa shape index (κ2) is 7.85. The highest BCUT2D eigenvalue weighted by Gasteiger charge is 2.33. The van der Waals surface area contributed by atoms with E-state index < -0.39 is 21.8 Å². The summed E-state index contributed by atoms with van der Waals surface area (Å²) in [6.07, 6.45) is 7.28.